The van der Waals surface area contributed by atoms with E-state index in [-0.39, 0.29) is 32.6 Å². The molecule has 9 nitrogen and oxygen atoms in total. The third kappa shape index (κ3) is 49.2. The molecule has 0 heterocycles. The number of phosphoric acid groups is 1. The van der Waals surface area contributed by atoms with Gasteiger partial charge < -0.3 is 20.1 Å². The Labute approximate surface area is 395 Å². The second-order valence-corrected chi connectivity index (χ2v) is 16.7. The maximum Gasteiger partial charge on any atom is 0.472 e. The molecule has 0 spiro atoms. The third-order valence-electron chi connectivity index (χ3n) is 9.22. The second kappa shape index (κ2) is 49.3. The van der Waals surface area contributed by atoms with Gasteiger partial charge in [-0.05, 0) is 116 Å². The van der Waals surface area contributed by atoms with Crippen LogP contribution in [-0.4, -0.2) is 49.3 Å². The van der Waals surface area contributed by atoms with Crippen molar-refractivity contribution in [3.63, 3.8) is 0 Å². The molecule has 0 radical (unpaired) electrons. The SMILES string of the molecule is CC/C=C\C/C=C\C/C=C\C/C=C\C/C=C\C/C=C\C/C=C\C/C=C\CCCCCCC(=O)OC(COC(=O)CCCC/C=C\C/C=C\C/C=C\C/C=C\CC)COP(=O)(O)OCCN. The number of carbonyl (C=O) groups excluding carboxylic acids is 2. The lowest BCUT2D eigenvalue weighted by Crippen LogP contribution is -2.29. The van der Waals surface area contributed by atoms with Crippen LogP contribution in [-0.2, 0) is 32.7 Å². The number of rotatable bonds is 43. The zero-order valence-corrected chi connectivity index (χ0v) is 41.0. The van der Waals surface area contributed by atoms with Gasteiger partial charge in [0.05, 0.1) is 13.2 Å². The van der Waals surface area contributed by atoms with Crippen molar-refractivity contribution in [3.8, 4) is 0 Å². The summed E-state index contributed by atoms with van der Waals surface area (Å²) in [6.45, 7) is 3.39. The fourth-order valence-corrected chi connectivity index (χ4v) is 6.46. The molecule has 0 fully saturated rings. The normalized spacial score (nSPS) is 14.5. The van der Waals surface area contributed by atoms with Crippen molar-refractivity contribution in [1.29, 1.82) is 0 Å². The Balaban J connectivity index is 4.22. The van der Waals surface area contributed by atoms with Crippen LogP contribution in [0.3, 0.4) is 0 Å². The van der Waals surface area contributed by atoms with Gasteiger partial charge in [-0.25, -0.2) is 4.57 Å². The Morgan fingerprint density at radius 2 is 0.800 bits per heavy atom. The fraction of sp³-hybridized carbons (Fsp3) is 0.527. The van der Waals surface area contributed by atoms with Crippen molar-refractivity contribution < 1.29 is 37.6 Å². The Morgan fingerprint density at radius 1 is 0.462 bits per heavy atom. The van der Waals surface area contributed by atoms with E-state index < -0.39 is 32.5 Å². The maximum atomic E-state index is 12.6. The minimum absolute atomic E-state index is 0.0339. The minimum Gasteiger partial charge on any atom is -0.462 e. The number of nitrogens with two attached hydrogens (primary N) is 1. The van der Waals surface area contributed by atoms with Crippen LogP contribution in [0.4, 0.5) is 0 Å². The topological polar surface area (TPSA) is 134 Å². The smallest absolute Gasteiger partial charge is 0.462 e. The van der Waals surface area contributed by atoms with Crippen molar-refractivity contribution >= 4 is 19.8 Å². The van der Waals surface area contributed by atoms with E-state index in [0.29, 0.717) is 12.8 Å². The predicted octanol–water partition coefficient (Wildman–Crippen LogP) is 14.8. The van der Waals surface area contributed by atoms with Gasteiger partial charge in [0.2, 0.25) is 0 Å². The highest BCUT2D eigenvalue weighted by atomic mass is 31.2. The highest BCUT2D eigenvalue weighted by Gasteiger charge is 2.26. The monoisotopic (exact) mass is 920 g/mol. The van der Waals surface area contributed by atoms with Crippen LogP contribution in [0.15, 0.2) is 146 Å². The molecule has 0 rings (SSSR count). The van der Waals surface area contributed by atoms with Crippen LogP contribution >= 0.6 is 7.82 Å². The van der Waals surface area contributed by atoms with Crippen molar-refractivity contribution in [3.05, 3.63) is 146 Å². The molecule has 0 bridgehead atoms. The quantitative estimate of drug-likeness (QED) is 0.0265. The Bertz CT molecular complexity index is 1560. The van der Waals surface area contributed by atoms with Crippen LogP contribution in [0.5, 0.6) is 0 Å². The molecule has 0 aliphatic carbocycles. The van der Waals surface area contributed by atoms with E-state index in [2.05, 4.69) is 160 Å². The van der Waals surface area contributed by atoms with E-state index in [9.17, 15) is 19.0 Å². The Hall–Kier alpha value is -4.11. The van der Waals surface area contributed by atoms with Gasteiger partial charge in [-0.1, -0.05) is 173 Å². The van der Waals surface area contributed by atoms with Gasteiger partial charge in [-0.2, -0.15) is 0 Å². The predicted molar refractivity (Wildman–Crippen MR) is 274 cm³/mol. The van der Waals surface area contributed by atoms with Gasteiger partial charge >= 0.3 is 19.8 Å². The summed E-state index contributed by atoms with van der Waals surface area (Å²) in [5.41, 5.74) is 5.35. The van der Waals surface area contributed by atoms with Crippen molar-refractivity contribution in [2.24, 2.45) is 5.73 Å². The summed E-state index contributed by atoms with van der Waals surface area (Å²) in [5, 5.41) is 0. The summed E-state index contributed by atoms with van der Waals surface area (Å²) in [7, 11) is -4.41. The number of allylic oxidation sites excluding steroid dienone is 24. The van der Waals surface area contributed by atoms with Crippen molar-refractivity contribution in [2.45, 2.75) is 161 Å². The molecular weight excluding hydrogens is 834 g/mol. The number of ether oxygens (including phenoxy) is 2. The lowest BCUT2D eigenvalue weighted by atomic mass is 10.1. The lowest BCUT2D eigenvalue weighted by molar-refractivity contribution is -0.161. The minimum atomic E-state index is -4.41. The molecule has 0 amide bonds. The number of hydrogen-bond donors (Lipinski definition) is 2. The first-order valence-corrected chi connectivity index (χ1v) is 25.8. The first-order valence-electron chi connectivity index (χ1n) is 24.3. The van der Waals surface area contributed by atoms with E-state index in [1.54, 1.807) is 0 Å². The van der Waals surface area contributed by atoms with E-state index in [1.165, 1.54) is 0 Å². The van der Waals surface area contributed by atoms with Crippen LogP contribution < -0.4 is 5.73 Å². The molecule has 65 heavy (non-hydrogen) atoms. The summed E-state index contributed by atoms with van der Waals surface area (Å²) in [5.74, 6) is -0.923. The first-order chi connectivity index (χ1) is 31.8. The molecule has 2 unspecified atom stereocenters. The number of hydrogen-bond acceptors (Lipinski definition) is 8. The van der Waals surface area contributed by atoms with Crippen LogP contribution in [0.25, 0.3) is 0 Å². The van der Waals surface area contributed by atoms with Gasteiger partial charge in [0.15, 0.2) is 6.10 Å². The molecule has 3 N–H and O–H groups in total. The summed E-state index contributed by atoms with van der Waals surface area (Å²) in [4.78, 5) is 35.0. The summed E-state index contributed by atoms with van der Waals surface area (Å²) < 4.78 is 32.8. The Kier molecular flexibility index (Phi) is 46.2. The van der Waals surface area contributed by atoms with Crippen LogP contribution in [0.2, 0.25) is 0 Å². The lowest BCUT2D eigenvalue weighted by Gasteiger charge is -2.19. The van der Waals surface area contributed by atoms with E-state index in [4.69, 9.17) is 24.3 Å². The van der Waals surface area contributed by atoms with Crippen molar-refractivity contribution in [1.82, 2.24) is 0 Å². The molecule has 10 heteroatoms. The van der Waals surface area contributed by atoms with Gasteiger partial charge in [0.25, 0.3) is 0 Å². The number of unbranched alkanes of at least 4 members (excludes halogenated alkanes) is 6. The second-order valence-electron chi connectivity index (χ2n) is 15.2. The van der Waals surface area contributed by atoms with Gasteiger partial charge in [-0.3, -0.25) is 18.6 Å². The van der Waals surface area contributed by atoms with Gasteiger partial charge in [-0.15, -0.1) is 0 Å². The maximum absolute atomic E-state index is 12.6. The number of carbonyl (C=O) groups is 2. The molecule has 0 saturated heterocycles. The number of phosphoric ester groups is 1. The van der Waals surface area contributed by atoms with Crippen molar-refractivity contribution in [2.75, 3.05) is 26.4 Å². The summed E-state index contributed by atoms with van der Waals surface area (Å²) >= 11 is 0. The van der Waals surface area contributed by atoms with E-state index >= 15 is 0 Å². The fourth-order valence-electron chi connectivity index (χ4n) is 5.70. The molecule has 0 aliphatic heterocycles. The molecule has 0 aromatic rings. The molecule has 2 atom stereocenters. The largest absolute Gasteiger partial charge is 0.472 e. The molecule has 0 aliphatic rings. The highest BCUT2D eigenvalue weighted by Crippen LogP contribution is 2.43. The highest BCUT2D eigenvalue weighted by molar-refractivity contribution is 7.47. The van der Waals surface area contributed by atoms with Crippen LogP contribution in [0, 0.1) is 0 Å². The van der Waals surface area contributed by atoms with Crippen LogP contribution in [0.1, 0.15) is 155 Å². The third-order valence-corrected chi connectivity index (χ3v) is 10.2. The average Bonchev–Trinajstić information content (AvgIpc) is 3.30. The van der Waals surface area contributed by atoms with E-state index in [1.807, 2.05) is 0 Å². The zero-order valence-electron chi connectivity index (χ0n) is 40.1. The zero-order chi connectivity index (χ0) is 47.4. The Morgan fingerprint density at radius 3 is 1.20 bits per heavy atom. The standard InChI is InChI=1S/C55H86NO8P/c1-3-5-7-9-11-13-15-17-19-20-21-22-23-24-25-26-27-28-29-30-31-32-34-36-38-40-42-44-46-48-55(58)64-53(52-63-65(59,60)62-50-49-56)51-61-54(57)47-45-43-41-39-37-35-33-18-16-14-12-10-8-6-4-2/h5-8,11-14,17-19,21-22,24-25,27-28,30-31,33-34,36-37,39,53H,3-4,9-10,15-16,20,23,26,29,32,35,38,40-52,56H2,1-2H3,(H,59,60)/b7-5-,8-6-,13-11-,14-12-,19-17-,22-21-,25-24-,28-27-,31-30-,33-18-,36-34-,39-37-. The first kappa shape index (κ1) is 60.9. The molecular formula is C55H86NO8P. The summed E-state index contributed by atoms with van der Waals surface area (Å²) in [6, 6.07) is 0. The molecule has 0 aromatic carbocycles. The number of esters is 2. The van der Waals surface area contributed by atoms with Gasteiger partial charge in [0.1, 0.15) is 6.61 Å². The summed E-state index contributed by atoms with van der Waals surface area (Å²) in [6.07, 6.45) is 70.3. The molecule has 0 saturated carbocycles. The molecule has 0 aromatic heterocycles. The van der Waals surface area contributed by atoms with E-state index in [0.717, 1.165) is 116 Å². The molecule has 364 valence electrons. The van der Waals surface area contributed by atoms with Gasteiger partial charge in [0, 0.05) is 19.4 Å². The average molecular weight is 920 g/mol.